The Morgan fingerprint density at radius 1 is 1.08 bits per heavy atom. The second-order valence-corrected chi connectivity index (χ2v) is 10.4. The Balaban J connectivity index is 1.29. The van der Waals surface area contributed by atoms with Crippen molar-refractivity contribution in [1.29, 1.82) is 0 Å². The Kier molecular flexibility index (Phi) is 8.01. The van der Waals surface area contributed by atoms with Gasteiger partial charge in [-0.3, -0.25) is 4.72 Å². The summed E-state index contributed by atoms with van der Waals surface area (Å²) >= 11 is 8.08. The molecule has 2 heterocycles. The lowest BCUT2D eigenvalue weighted by molar-refractivity contribution is 0.207. The van der Waals surface area contributed by atoms with Gasteiger partial charge in [-0.15, -0.1) is 0 Å². The number of ether oxygens (including phenoxy) is 2. The number of benzene rings is 2. The topological polar surface area (TPSA) is 83.6 Å². The molecule has 2 fully saturated rings. The summed E-state index contributed by atoms with van der Waals surface area (Å²) in [5.74, 6) is 2.36. The summed E-state index contributed by atoms with van der Waals surface area (Å²) in [6.07, 6.45) is 6.54. The van der Waals surface area contributed by atoms with Crippen molar-refractivity contribution in [3.05, 3.63) is 53.7 Å². The standard InChI is InChI=1S/C26H31ClN6O2S/c1-33-13-12-19(16-33)35-18-10-11-21(23(14-18)34-2)30-26-28-15-20(27)25(31-26)29-22-8-3-4-9-24(22)36-32-17-6-5-7-17/h3-4,8-11,14-15,17,19,32H,5-7,12-13,16H2,1-2H3,(H2,28,29,30,31). The molecule has 3 N–H and O–H groups in total. The zero-order chi connectivity index (χ0) is 24.9. The average Bonchev–Trinajstić information content (AvgIpc) is 3.26. The third kappa shape index (κ3) is 6.15. The first-order valence-electron chi connectivity index (χ1n) is 12.2. The zero-order valence-corrected chi connectivity index (χ0v) is 22.0. The number of hydrogen-bond donors (Lipinski definition) is 3. The average molecular weight is 527 g/mol. The van der Waals surface area contributed by atoms with E-state index in [0.717, 1.165) is 41.5 Å². The van der Waals surface area contributed by atoms with Crippen LogP contribution in [-0.2, 0) is 0 Å². The largest absolute Gasteiger partial charge is 0.494 e. The Hall–Kier alpha value is -2.72. The molecule has 0 amide bonds. The predicted molar refractivity (Wildman–Crippen MR) is 146 cm³/mol. The highest BCUT2D eigenvalue weighted by Crippen LogP contribution is 2.34. The summed E-state index contributed by atoms with van der Waals surface area (Å²) in [7, 11) is 3.74. The van der Waals surface area contributed by atoms with Gasteiger partial charge in [0.25, 0.3) is 0 Å². The lowest BCUT2D eigenvalue weighted by Gasteiger charge is -2.26. The van der Waals surface area contributed by atoms with Crippen molar-refractivity contribution in [1.82, 2.24) is 19.6 Å². The van der Waals surface area contributed by atoms with Crippen LogP contribution in [0.1, 0.15) is 25.7 Å². The van der Waals surface area contributed by atoms with Gasteiger partial charge in [0.15, 0.2) is 5.82 Å². The molecule has 5 rings (SSSR count). The molecule has 1 aliphatic carbocycles. The number of hydrogen-bond acceptors (Lipinski definition) is 9. The van der Waals surface area contributed by atoms with Crippen LogP contribution in [0.25, 0.3) is 0 Å². The predicted octanol–water partition coefficient (Wildman–Crippen LogP) is 5.86. The van der Waals surface area contributed by atoms with Gasteiger partial charge in [0.2, 0.25) is 5.95 Å². The fourth-order valence-electron chi connectivity index (χ4n) is 4.13. The first kappa shape index (κ1) is 25.0. The van der Waals surface area contributed by atoms with Crippen LogP contribution in [0.2, 0.25) is 5.02 Å². The second kappa shape index (κ2) is 11.6. The summed E-state index contributed by atoms with van der Waals surface area (Å²) in [4.78, 5) is 12.3. The van der Waals surface area contributed by atoms with E-state index in [1.165, 1.54) is 19.3 Å². The first-order valence-corrected chi connectivity index (χ1v) is 13.4. The van der Waals surface area contributed by atoms with Crippen LogP contribution in [0.15, 0.2) is 53.6 Å². The van der Waals surface area contributed by atoms with Gasteiger partial charge < -0.3 is 25.0 Å². The Morgan fingerprint density at radius 2 is 1.94 bits per heavy atom. The molecule has 190 valence electrons. The van der Waals surface area contributed by atoms with E-state index in [0.29, 0.717) is 28.6 Å². The van der Waals surface area contributed by atoms with Gasteiger partial charge in [0.05, 0.1) is 24.7 Å². The Bertz CT molecular complexity index is 1190. The van der Waals surface area contributed by atoms with Crippen molar-refractivity contribution in [3.63, 3.8) is 0 Å². The fraction of sp³-hybridized carbons (Fsp3) is 0.385. The van der Waals surface area contributed by atoms with Gasteiger partial charge in [-0.2, -0.15) is 4.98 Å². The number of para-hydroxylation sites is 1. The van der Waals surface area contributed by atoms with E-state index in [-0.39, 0.29) is 6.10 Å². The molecule has 36 heavy (non-hydrogen) atoms. The smallest absolute Gasteiger partial charge is 0.229 e. The number of halogens is 1. The molecule has 1 saturated carbocycles. The number of methoxy groups -OCH3 is 1. The summed E-state index contributed by atoms with van der Waals surface area (Å²) in [6.45, 7) is 1.97. The summed E-state index contributed by atoms with van der Waals surface area (Å²) in [5.41, 5.74) is 1.67. The molecule has 0 radical (unpaired) electrons. The number of likely N-dealkylation sites (N-methyl/N-ethyl adjacent to an activating group) is 1. The van der Waals surface area contributed by atoms with Crippen molar-refractivity contribution >= 4 is 46.7 Å². The molecule has 1 aromatic heterocycles. The molecule has 10 heteroatoms. The molecule has 2 aliphatic rings. The highest BCUT2D eigenvalue weighted by atomic mass is 35.5. The van der Waals surface area contributed by atoms with Crippen LogP contribution < -0.4 is 24.8 Å². The van der Waals surface area contributed by atoms with E-state index in [1.54, 1.807) is 25.3 Å². The third-order valence-electron chi connectivity index (χ3n) is 6.40. The Labute approximate surface area is 221 Å². The molecule has 1 atom stereocenters. The van der Waals surface area contributed by atoms with E-state index >= 15 is 0 Å². The van der Waals surface area contributed by atoms with Gasteiger partial charge in [-0.05, 0) is 62.5 Å². The molecule has 3 aromatic rings. The molecule has 0 spiro atoms. The maximum atomic E-state index is 6.45. The van der Waals surface area contributed by atoms with Crippen molar-refractivity contribution in [2.75, 3.05) is 37.9 Å². The lowest BCUT2D eigenvalue weighted by atomic mass is 9.94. The zero-order valence-electron chi connectivity index (χ0n) is 20.5. The Morgan fingerprint density at radius 3 is 2.69 bits per heavy atom. The SMILES string of the molecule is COc1cc(OC2CCN(C)C2)ccc1Nc1ncc(Cl)c(Nc2ccccc2SNC2CCC2)n1. The third-order valence-corrected chi connectivity index (χ3v) is 7.70. The van der Waals surface area contributed by atoms with Gasteiger partial charge >= 0.3 is 0 Å². The maximum Gasteiger partial charge on any atom is 0.229 e. The minimum absolute atomic E-state index is 0.191. The molecule has 0 bridgehead atoms. The maximum absolute atomic E-state index is 6.45. The summed E-state index contributed by atoms with van der Waals surface area (Å²) in [6, 6.07) is 14.4. The summed E-state index contributed by atoms with van der Waals surface area (Å²) < 4.78 is 15.3. The van der Waals surface area contributed by atoms with E-state index < -0.39 is 0 Å². The second-order valence-electron chi connectivity index (χ2n) is 9.14. The molecule has 1 aliphatic heterocycles. The molecule has 8 nitrogen and oxygen atoms in total. The number of anilines is 4. The van der Waals surface area contributed by atoms with Gasteiger partial charge in [-0.1, -0.05) is 30.2 Å². The van der Waals surface area contributed by atoms with E-state index in [9.17, 15) is 0 Å². The van der Waals surface area contributed by atoms with E-state index in [2.05, 4.69) is 43.3 Å². The van der Waals surface area contributed by atoms with Gasteiger partial charge in [0.1, 0.15) is 22.6 Å². The lowest BCUT2D eigenvalue weighted by Crippen LogP contribution is -2.30. The fourth-order valence-corrected chi connectivity index (χ4v) is 5.17. The number of rotatable bonds is 10. The van der Waals surface area contributed by atoms with Crippen molar-refractivity contribution in [2.45, 2.75) is 42.7 Å². The number of nitrogens with one attached hydrogen (secondary N) is 3. The van der Waals surface area contributed by atoms with Crippen molar-refractivity contribution in [3.8, 4) is 11.5 Å². The highest BCUT2D eigenvalue weighted by Gasteiger charge is 2.21. The minimum Gasteiger partial charge on any atom is -0.494 e. The number of aromatic nitrogens is 2. The minimum atomic E-state index is 0.191. The van der Waals surface area contributed by atoms with Crippen LogP contribution in [-0.4, -0.2) is 54.3 Å². The molecular formula is C26H31ClN6O2S. The number of nitrogens with zero attached hydrogens (tertiary/aromatic N) is 3. The number of likely N-dealkylation sites (tertiary alicyclic amines) is 1. The molecular weight excluding hydrogens is 496 g/mol. The normalized spacial score (nSPS) is 18.0. The monoisotopic (exact) mass is 526 g/mol. The van der Waals surface area contributed by atoms with E-state index in [4.69, 9.17) is 21.1 Å². The van der Waals surface area contributed by atoms with Crippen LogP contribution in [0.4, 0.5) is 23.1 Å². The van der Waals surface area contributed by atoms with Crippen molar-refractivity contribution in [2.24, 2.45) is 0 Å². The molecule has 2 aromatic carbocycles. The van der Waals surface area contributed by atoms with Crippen molar-refractivity contribution < 1.29 is 9.47 Å². The van der Waals surface area contributed by atoms with E-state index in [1.807, 2.05) is 36.4 Å². The van der Waals surface area contributed by atoms with Crippen LogP contribution in [0.3, 0.4) is 0 Å². The summed E-state index contributed by atoms with van der Waals surface area (Å²) in [5, 5.41) is 7.05. The van der Waals surface area contributed by atoms with Crippen LogP contribution in [0, 0.1) is 0 Å². The first-order chi connectivity index (χ1) is 17.6. The van der Waals surface area contributed by atoms with Gasteiger partial charge in [0, 0.05) is 30.1 Å². The molecule has 1 unspecified atom stereocenters. The van der Waals surface area contributed by atoms with Crippen LogP contribution >= 0.6 is 23.5 Å². The quantitative estimate of drug-likeness (QED) is 0.281. The highest BCUT2D eigenvalue weighted by molar-refractivity contribution is 7.97. The van der Waals surface area contributed by atoms with Crippen LogP contribution in [0.5, 0.6) is 11.5 Å². The van der Waals surface area contributed by atoms with Gasteiger partial charge in [-0.25, -0.2) is 4.98 Å². The molecule has 1 saturated heterocycles.